The van der Waals surface area contributed by atoms with Crippen molar-refractivity contribution in [2.75, 3.05) is 9.80 Å². The lowest BCUT2D eigenvalue weighted by Gasteiger charge is -2.28. The number of rotatable bonds is 12. The second-order valence-corrected chi connectivity index (χ2v) is 20.1. The molecule has 0 N–H and O–H groups in total. The minimum absolute atomic E-state index is 0.584. The van der Waals surface area contributed by atoms with Gasteiger partial charge >= 0.3 is 0 Å². The van der Waals surface area contributed by atoms with E-state index in [4.69, 9.17) is 0 Å². The Balaban J connectivity index is 1.24. The number of nitrogens with zero attached hydrogens (tertiary/aromatic N) is 2. The van der Waals surface area contributed by atoms with Crippen LogP contribution in [0.3, 0.4) is 0 Å². The van der Waals surface area contributed by atoms with E-state index in [-0.39, 0.29) is 0 Å². The van der Waals surface area contributed by atoms with Gasteiger partial charge in [-0.2, -0.15) is 0 Å². The van der Waals surface area contributed by atoms with Crippen LogP contribution in [0.1, 0.15) is 49.9 Å². The van der Waals surface area contributed by atoms with E-state index in [0.29, 0.717) is 11.8 Å². The zero-order valence-electron chi connectivity index (χ0n) is 41.2. The summed E-state index contributed by atoms with van der Waals surface area (Å²) in [5.41, 5.74) is 16.8. The molecular weight excluding hydrogens is 845 g/mol. The summed E-state index contributed by atoms with van der Waals surface area (Å²) in [4.78, 5) is 4.86. The van der Waals surface area contributed by atoms with Crippen LogP contribution in [0, 0.1) is 25.7 Å². The van der Waals surface area contributed by atoms with E-state index < -0.39 is 0 Å². The molecule has 0 aliphatic carbocycles. The van der Waals surface area contributed by atoms with Gasteiger partial charge in [0.1, 0.15) is 0 Å². The topological polar surface area (TPSA) is 6.48 Å². The number of fused-ring (bicyclic) bond motifs is 4. The fraction of sp³-hybridized carbons (Fsp3) is 0.147. The Morgan fingerprint density at radius 3 is 1.00 bits per heavy atom. The summed E-state index contributed by atoms with van der Waals surface area (Å²) in [6.07, 6.45) is 2.10. The SMILES string of the molecule is Cc1ccc(N(c2ccc(CC(C)C)cc2)c2ccc3c(-c4cccc5ccccc45)c4cc(N(c5ccc(C)cc5)c5ccc(CC(C)C)cc5)ccc4c(-c4cccc5ccccc45)c3c2)cc1. The Kier molecular flexibility index (Phi) is 12.0. The van der Waals surface area contributed by atoms with Gasteiger partial charge < -0.3 is 9.80 Å². The van der Waals surface area contributed by atoms with Gasteiger partial charge in [-0.3, -0.25) is 0 Å². The molecule has 0 aromatic heterocycles. The Hall–Kier alpha value is -7.94. The Morgan fingerprint density at radius 1 is 0.300 bits per heavy atom. The molecule has 11 rings (SSSR count). The molecule has 0 spiro atoms. The monoisotopic (exact) mass is 904 g/mol. The minimum atomic E-state index is 0.584. The molecule has 0 unspecified atom stereocenters. The predicted octanol–water partition coefficient (Wildman–Crippen LogP) is 19.6. The van der Waals surface area contributed by atoms with Gasteiger partial charge in [-0.15, -0.1) is 0 Å². The van der Waals surface area contributed by atoms with Crippen molar-refractivity contribution in [3.63, 3.8) is 0 Å². The van der Waals surface area contributed by atoms with Crippen molar-refractivity contribution in [2.45, 2.75) is 54.4 Å². The molecule has 0 aliphatic rings. The average molecular weight is 905 g/mol. The molecule has 11 aromatic carbocycles. The van der Waals surface area contributed by atoms with Gasteiger partial charge in [-0.25, -0.2) is 0 Å². The standard InChI is InChI=1S/C68H60N2/c1-45(2)41-49-25-33-55(34-26-49)69(53-29-21-47(5)22-30-53)57-37-39-63-65(43-57)67(61-19-11-15-51-13-7-9-17-59(51)61)64-40-38-58(44-66(64)68(63)62-20-12-16-52-14-8-10-18-60(52)62)70(54-31-23-48(6)24-32-54)56-35-27-50(28-36-56)42-46(3)4/h7-40,43-46H,41-42H2,1-6H3. The van der Waals surface area contributed by atoms with Crippen LogP contribution in [0.4, 0.5) is 34.1 Å². The molecule has 0 heterocycles. The van der Waals surface area contributed by atoms with Gasteiger partial charge in [0.25, 0.3) is 0 Å². The minimum Gasteiger partial charge on any atom is -0.310 e. The van der Waals surface area contributed by atoms with E-state index in [0.717, 1.165) is 47.0 Å². The van der Waals surface area contributed by atoms with E-state index in [1.54, 1.807) is 0 Å². The maximum Gasteiger partial charge on any atom is 0.0468 e. The highest BCUT2D eigenvalue weighted by molar-refractivity contribution is 6.26. The Bertz CT molecular complexity index is 3400. The van der Waals surface area contributed by atoms with Crippen molar-refractivity contribution in [3.05, 3.63) is 241 Å². The first-order valence-electron chi connectivity index (χ1n) is 25.1. The van der Waals surface area contributed by atoms with Crippen LogP contribution in [0.25, 0.3) is 65.3 Å². The lowest BCUT2D eigenvalue weighted by Crippen LogP contribution is -2.11. The third-order valence-electron chi connectivity index (χ3n) is 14.0. The number of benzene rings is 11. The van der Waals surface area contributed by atoms with Crippen LogP contribution in [-0.2, 0) is 12.8 Å². The molecule has 2 heteroatoms. The third kappa shape index (κ3) is 8.60. The zero-order valence-corrected chi connectivity index (χ0v) is 41.2. The van der Waals surface area contributed by atoms with Crippen molar-refractivity contribution in [1.29, 1.82) is 0 Å². The van der Waals surface area contributed by atoms with E-state index >= 15 is 0 Å². The van der Waals surface area contributed by atoms with Gasteiger partial charge in [-0.05, 0) is 188 Å². The normalized spacial score (nSPS) is 11.7. The van der Waals surface area contributed by atoms with Crippen LogP contribution < -0.4 is 9.80 Å². The maximum absolute atomic E-state index is 2.47. The van der Waals surface area contributed by atoms with Gasteiger partial charge in [0.05, 0.1) is 0 Å². The molecule has 0 fully saturated rings. The highest BCUT2D eigenvalue weighted by atomic mass is 15.1. The highest BCUT2D eigenvalue weighted by Crippen LogP contribution is 2.50. The zero-order chi connectivity index (χ0) is 47.9. The molecule has 11 aromatic rings. The lowest BCUT2D eigenvalue weighted by atomic mass is 9.83. The van der Waals surface area contributed by atoms with Gasteiger partial charge in [-0.1, -0.05) is 184 Å². The van der Waals surface area contributed by atoms with E-state index in [1.165, 1.54) is 87.6 Å². The predicted molar refractivity (Wildman–Crippen MR) is 303 cm³/mol. The molecule has 0 amide bonds. The largest absolute Gasteiger partial charge is 0.310 e. The summed E-state index contributed by atoms with van der Waals surface area (Å²) in [6, 6.07) is 82.1. The number of hydrogen-bond acceptors (Lipinski definition) is 2. The second-order valence-electron chi connectivity index (χ2n) is 20.1. The highest BCUT2D eigenvalue weighted by Gasteiger charge is 2.24. The summed E-state index contributed by atoms with van der Waals surface area (Å²) < 4.78 is 0. The van der Waals surface area contributed by atoms with Crippen LogP contribution in [0.5, 0.6) is 0 Å². The molecule has 2 nitrogen and oxygen atoms in total. The number of anilines is 6. The smallest absolute Gasteiger partial charge is 0.0468 e. The average Bonchev–Trinajstić information content (AvgIpc) is 3.37. The second kappa shape index (κ2) is 18.9. The van der Waals surface area contributed by atoms with Crippen molar-refractivity contribution in [1.82, 2.24) is 0 Å². The molecule has 342 valence electrons. The van der Waals surface area contributed by atoms with E-state index in [1.807, 2.05) is 0 Å². The molecule has 0 atom stereocenters. The summed E-state index contributed by atoms with van der Waals surface area (Å²) >= 11 is 0. The van der Waals surface area contributed by atoms with E-state index in [9.17, 15) is 0 Å². The molecule has 0 bridgehead atoms. The van der Waals surface area contributed by atoms with Crippen molar-refractivity contribution < 1.29 is 0 Å². The fourth-order valence-corrected chi connectivity index (χ4v) is 10.7. The van der Waals surface area contributed by atoms with Crippen molar-refractivity contribution >= 4 is 77.2 Å². The van der Waals surface area contributed by atoms with Crippen LogP contribution in [-0.4, -0.2) is 0 Å². The van der Waals surface area contributed by atoms with Gasteiger partial charge in [0.2, 0.25) is 0 Å². The first kappa shape index (κ1) is 44.6. The van der Waals surface area contributed by atoms with Crippen LogP contribution in [0.15, 0.2) is 218 Å². The lowest BCUT2D eigenvalue weighted by molar-refractivity contribution is 0.647. The van der Waals surface area contributed by atoms with Crippen molar-refractivity contribution in [2.24, 2.45) is 11.8 Å². The molecular formula is C68H60N2. The molecule has 70 heavy (non-hydrogen) atoms. The van der Waals surface area contributed by atoms with Crippen LogP contribution >= 0.6 is 0 Å². The maximum atomic E-state index is 2.47. The molecule has 0 aliphatic heterocycles. The first-order valence-corrected chi connectivity index (χ1v) is 25.1. The molecule has 0 radical (unpaired) electrons. The fourth-order valence-electron chi connectivity index (χ4n) is 10.7. The number of aryl methyl sites for hydroxylation is 2. The summed E-state index contributed by atoms with van der Waals surface area (Å²) in [5.74, 6) is 1.17. The summed E-state index contributed by atoms with van der Waals surface area (Å²) in [7, 11) is 0. The first-order chi connectivity index (χ1) is 34.2. The van der Waals surface area contributed by atoms with Crippen LogP contribution in [0.2, 0.25) is 0 Å². The number of hydrogen-bond donors (Lipinski definition) is 0. The van der Waals surface area contributed by atoms with Crippen molar-refractivity contribution in [3.8, 4) is 22.3 Å². The Labute approximate surface area is 414 Å². The Morgan fingerprint density at radius 2 is 0.629 bits per heavy atom. The molecule has 0 saturated carbocycles. The quantitative estimate of drug-likeness (QED) is 0.113. The van der Waals surface area contributed by atoms with Gasteiger partial charge in [0, 0.05) is 34.1 Å². The summed E-state index contributed by atoms with van der Waals surface area (Å²) in [5, 5.41) is 9.76. The van der Waals surface area contributed by atoms with E-state index in [2.05, 4.69) is 270 Å². The molecule has 0 saturated heterocycles. The third-order valence-corrected chi connectivity index (χ3v) is 14.0. The summed E-state index contributed by atoms with van der Waals surface area (Å²) in [6.45, 7) is 13.5. The van der Waals surface area contributed by atoms with Gasteiger partial charge in [0.15, 0.2) is 0 Å².